The van der Waals surface area contributed by atoms with Crippen LogP contribution < -0.4 is 25.2 Å². The molecule has 1 saturated heterocycles. The van der Waals surface area contributed by atoms with Crippen molar-refractivity contribution < 1.29 is 23.9 Å². The van der Waals surface area contributed by atoms with Gasteiger partial charge in [0, 0.05) is 30.9 Å². The van der Waals surface area contributed by atoms with E-state index in [-0.39, 0.29) is 24.6 Å². The standard InChI is InChI=1S/C19H18N4O5/c24-17-9-12(18(25)21-22-19(26)14-3-1-2-6-20-14)11-23(17)13-4-5-15-16(10-13)28-8-7-27-15/h1-6,10,12H,7-9,11H2,(H,21,25)(H,22,26)/t12-/m1/s1. The molecule has 0 radical (unpaired) electrons. The average molecular weight is 382 g/mol. The number of carbonyl (C=O) groups is 3. The third-order valence-corrected chi connectivity index (χ3v) is 4.53. The van der Waals surface area contributed by atoms with Gasteiger partial charge in [0.25, 0.3) is 5.91 Å². The number of nitrogens with zero attached hydrogens (tertiary/aromatic N) is 2. The Morgan fingerprint density at radius 3 is 2.68 bits per heavy atom. The Kier molecular flexibility index (Phi) is 4.79. The summed E-state index contributed by atoms with van der Waals surface area (Å²) in [5.74, 6) is -0.502. The van der Waals surface area contributed by atoms with E-state index in [1.807, 2.05) is 0 Å². The van der Waals surface area contributed by atoms with Crippen LogP contribution in [0.25, 0.3) is 0 Å². The second kappa shape index (κ2) is 7.55. The van der Waals surface area contributed by atoms with Gasteiger partial charge in [0.1, 0.15) is 18.9 Å². The molecule has 0 aliphatic carbocycles. The number of pyridine rings is 1. The highest BCUT2D eigenvalue weighted by molar-refractivity contribution is 6.01. The summed E-state index contributed by atoms with van der Waals surface area (Å²) < 4.78 is 11.0. The molecule has 0 bridgehead atoms. The number of carbonyl (C=O) groups excluding carboxylic acids is 3. The Balaban J connectivity index is 1.37. The number of rotatable bonds is 3. The number of anilines is 1. The number of ether oxygens (including phenoxy) is 2. The summed E-state index contributed by atoms with van der Waals surface area (Å²) in [5.41, 5.74) is 5.51. The van der Waals surface area contributed by atoms with E-state index in [2.05, 4.69) is 15.8 Å². The van der Waals surface area contributed by atoms with Crippen molar-refractivity contribution in [1.29, 1.82) is 0 Å². The number of amides is 3. The summed E-state index contributed by atoms with van der Waals surface area (Å²) >= 11 is 0. The van der Waals surface area contributed by atoms with Gasteiger partial charge in [-0.2, -0.15) is 0 Å². The first kappa shape index (κ1) is 17.8. The molecule has 0 saturated carbocycles. The van der Waals surface area contributed by atoms with Crippen molar-refractivity contribution >= 4 is 23.4 Å². The number of aromatic nitrogens is 1. The Hall–Kier alpha value is -3.62. The summed E-state index contributed by atoms with van der Waals surface area (Å²) in [6, 6.07) is 10.1. The molecule has 2 N–H and O–H groups in total. The number of hydrogen-bond donors (Lipinski definition) is 2. The smallest absolute Gasteiger partial charge is 0.288 e. The minimum absolute atomic E-state index is 0.0553. The number of hydrogen-bond acceptors (Lipinski definition) is 6. The Morgan fingerprint density at radius 2 is 1.89 bits per heavy atom. The van der Waals surface area contributed by atoms with Crippen molar-refractivity contribution in [2.24, 2.45) is 5.92 Å². The maximum absolute atomic E-state index is 12.4. The third-order valence-electron chi connectivity index (χ3n) is 4.53. The number of fused-ring (bicyclic) bond motifs is 1. The van der Waals surface area contributed by atoms with Gasteiger partial charge in [-0.1, -0.05) is 6.07 Å². The van der Waals surface area contributed by atoms with E-state index < -0.39 is 17.7 Å². The number of nitrogens with one attached hydrogen (secondary N) is 2. The zero-order valence-corrected chi connectivity index (χ0v) is 14.9. The fourth-order valence-electron chi connectivity index (χ4n) is 3.11. The quantitative estimate of drug-likeness (QED) is 0.755. The molecule has 2 aromatic rings. The van der Waals surface area contributed by atoms with Gasteiger partial charge in [-0.3, -0.25) is 30.2 Å². The van der Waals surface area contributed by atoms with E-state index in [0.29, 0.717) is 30.4 Å². The predicted molar refractivity (Wildman–Crippen MR) is 97.7 cm³/mol. The van der Waals surface area contributed by atoms with Gasteiger partial charge >= 0.3 is 0 Å². The molecule has 28 heavy (non-hydrogen) atoms. The first-order valence-electron chi connectivity index (χ1n) is 8.83. The highest BCUT2D eigenvalue weighted by atomic mass is 16.6. The van der Waals surface area contributed by atoms with Crippen LogP contribution in [-0.2, 0) is 9.59 Å². The molecule has 9 heteroatoms. The predicted octanol–water partition coefficient (Wildman–Crippen LogP) is 0.667. The molecule has 1 aromatic heterocycles. The van der Waals surface area contributed by atoms with Gasteiger partial charge in [0.15, 0.2) is 11.5 Å². The maximum atomic E-state index is 12.4. The molecule has 1 fully saturated rings. The molecular weight excluding hydrogens is 364 g/mol. The molecular formula is C19H18N4O5. The second-order valence-corrected chi connectivity index (χ2v) is 6.39. The van der Waals surface area contributed by atoms with Gasteiger partial charge in [-0.05, 0) is 24.3 Å². The molecule has 0 unspecified atom stereocenters. The summed E-state index contributed by atoms with van der Waals surface area (Å²) in [6.07, 6.45) is 1.54. The maximum Gasteiger partial charge on any atom is 0.288 e. The molecule has 9 nitrogen and oxygen atoms in total. The first-order valence-corrected chi connectivity index (χ1v) is 8.83. The van der Waals surface area contributed by atoms with Crippen LogP contribution in [0.15, 0.2) is 42.6 Å². The summed E-state index contributed by atoms with van der Waals surface area (Å²) in [5, 5.41) is 0. The van der Waals surface area contributed by atoms with Crippen LogP contribution in [0.1, 0.15) is 16.9 Å². The topological polar surface area (TPSA) is 110 Å². The second-order valence-electron chi connectivity index (χ2n) is 6.39. The van der Waals surface area contributed by atoms with Crippen molar-refractivity contribution in [3.8, 4) is 11.5 Å². The van der Waals surface area contributed by atoms with E-state index in [9.17, 15) is 14.4 Å². The lowest BCUT2D eigenvalue weighted by atomic mass is 10.1. The van der Waals surface area contributed by atoms with E-state index in [1.54, 1.807) is 30.3 Å². The number of hydrazine groups is 1. The van der Waals surface area contributed by atoms with Crippen LogP contribution in [0, 0.1) is 5.92 Å². The molecule has 3 amide bonds. The van der Waals surface area contributed by atoms with E-state index in [0.717, 1.165) is 0 Å². The monoisotopic (exact) mass is 382 g/mol. The fourth-order valence-corrected chi connectivity index (χ4v) is 3.11. The van der Waals surface area contributed by atoms with Crippen LogP contribution in [0.2, 0.25) is 0 Å². The molecule has 3 heterocycles. The zero-order chi connectivity index (χ0) is 19.5. The average Bonchev–Trinajstić information content (AvgIpc) is 3.13. The molecule has 1 aromatic carbocycles. The summed E-state index contributed by atoms with van der Waals surface area (Å²) in [6.45, 7) is 1.15. The van der Waals surface area contributed by atoms with E-state index in [4.69, 9.17) is 9.47 Å². The largest absolute Gasteiger partial charge is 0.486 e. The van der Waals surface area contributed by atoms with Crippen molar-refractivity contribution in [1.82, 2.24) is 15.8 Å². The fraction of sp³-hybridized carbons (Fsp3) is 0.263. The minimum atomic E-state index is -0.579. The van der Waals surface area contributed by atoms with Crippen LogP contribution >= 0.6 is 0 Å². The first-order chi connectivity index (χ1) is 13.6. The molecule has 2 aliphatic rings. The molecule has 144 valence electrons. The van der Waals surface area contributed by atoms with Crippen molar-refractivity contribution in [2.45, 2.75) is 6.42 Å². The lowest BCUT2D eigenvalue weighted by Crippen LogP contribution is -2.45. The van der Waals surface area contributed by atoms with Gasteiger partial charge in [-0.25, -0.2) is 0 Å². The zero-order valence-electron chi connectivity index (χ0n) is 14.9. The van der Waals surface area contributed by atoms with E-state index >= 15 is 0 Å². The van der Waals surface area contributed by atoms with Gasteiger partial charge in [-0.15, -0.1) is 0 Å². The Morgan fingerprint density at radius 1 is 1.07 bits per heavy atom. The van der Waals surface area contributed by atoms with Gasteiger partial charge in [0.05, 0.1) is 5.92 Å². The van der Waals surface area contributed by atoms with Crippen LogP contribution in [0.5, 0.6) is 11.5 Å². The molecule has 2 aliphatic heterocycles. The molecule has 4 rings (SSSR count). The third kappa shape index (κ3) is 3.59. The minimum Gasteiger partial charge on any atom is -0.486 e. The lowest BCUT2D eigenvalue weighted by molar-refractivity contribution is -0.126. The van der Waals surface area contributed by atoms with Crippen molar-refractivity contribution in [3.63, 3.8) is 0 Å². The summed E-state index contributed by atoms with van der Waals surface area (Å²) in [7, 11) is 0. The molecule has 0 spiro atoms. The summed E-state index contributed by atoms with van der Waals surface area (Å²) in [4.78, 5) is 42.2. The highest BCUT2D eigenvalue weighted by Crippen LogP contribution is 2.35. The Bertz CT molecular complexity index is 918. The van der Waals surface area contributed by atoms with Crippen LogP contribution in [0.4, 0.5) is 5.69 Å². The van der Waals surface area contributed by atoms with E-state index in [1.165, 1.54) is 17.2 Å². The Labute approximate surface area is 160 Å². The normalized spacial score (nSPS) is 17.9. The van der Waals surface area contributed by atoms with Crippen molar-refractivity contribution in [2.75, 3.05) is 24.7 Å². The van der Waals surface area contributed by atoms with Gasteiger partial charge in [0.2, 0.25) is 11.8 Å². The van der Waals surface area contributed by atoms with Crippen molar-refractivity contribution in [3.05, 3.63) is 48.3 Å². The molecule has 1 atom stereocenters. The number of benzene rings is 1. The lowest BCUT2D eigenvalue weighted by Gasteiger charge is -2.22. The van der Waals surface area contributed by atoms with Crippen LogP contribution in [0.3, 0.4) is 0 Å². The van der Waals surface area contributed by atoms with Gasteiger partial charge < -0.3 is 14.4 Å². The SMILES string of the molecule is O=C(NNC(=O)[C@@H]1CC(=O)N(c2ccc3c(c2)OCCO3)C1)c1ccccn1. The van der Waals surface area contributed by atoms with Crippen LogP contribution in [-0.4, -0.2) is 42.5 Å². The highest BCUT2D eigenvalue weighted by Gasteiger charge is 2.35.